The molecule has 2 amide bonds. The van der Waals surface area contributed by atoms with Gasteiger partial charge in [-0.2, -0.15) is 5.10 Å². The Labute approximate surface area is 188 Å². The van der Waals surface area contributed by atoms with Gasteiger partial charge in [-0.05, 0) is 38.8 Å². The molecule has 0 bridgehead atoms. The number of aryl methyl sites for hydroxylation is 3. The van der Waals surface area contributed by atoms with E-state index < -0.39 is 5.82 Å². The molecule has 0 saturated carbocycles. The molecule has 3 aromatic rings. The summed E-state index contributed by atoms with van der Waals surface area (Å²) >= 11 is 1.38. The van der Waals surface area contributed by atoms with Crippen molar-refractivity contribution in [2.24, 2.45) is 7.05 Å². The summed E-state index contributed by atoms with van der Waals surface area (Å²) in [5.41, 5.74) is 3.93. The number of rotatable bonds is 3. The number of amides is 2. The number of carbonyl (C=O) groups excluding carboxylic acids is 2. The van der Waals surface area contributed by atoms with Crippen molar-refractivity contribution in [2.75, 3.05) is 18.1 Å². The Bertz CT molecular complexity index is 1260. The van der Waals surface area contributed by atoms with E-state index in [9.17, 15) is 9.59 Å². The van der Waals surface area contributed by atoms with Crippen LogP contribution in [0.5, 0.6) is 5.75 Å². The molecule has 0 aliphatic carbocycles. The highest BCUT2D eigenvalue weighted by Gasteiger charge is 2.31. The lowest BCUT2D eigenvalue weighted by Crippen LogP contribution is -2.38. The van der Waals surface area contributed by atoms with E-state index in [0.717, 1.165) is 34.7 Å². The summed E-state index contributed by atoms with van der Waals surface area (Å²) in [5.74, 6) is -0.986. The maximum atomic E-state index is 15.1. The first-order valence-electron chi connectivity index (χ1n) is 10.4. The number of halogens is 1. The van der Waals surface area contributed by atoms with Crippen molar-refractivity contribution in [3.8, 4) is 16.3 Å². The third-order valence-corrected chi connectivity index (χ3v) is 7.12. The van der Waals surface area contributed by atoms with Crippen molar-refractivity contribution in [2.45, 2.75) is 33.2 Å². The molecule has 0 fully saturated rings. The van der Waals surface area contributed by atoms with E-state index >= 15 is 4.39 Å². The lowest BCUT2D eigenvalue weighted by Gasteiger charge is -2.30. The molecule has 1 aromatic carbocycles. The van der Waals surface area contributed by atoms with Crippen LogP contribution in [0.3, 0.4) is 0 Å². The zero-order valence-corrected chi connectivity index (χ0v) is 18.8. The average molecular weight is 456 g/mol. The second-order valence-electron chi connectivity index (χ2n) is 8.00. The number of ether oxygens (including phenoxy) is 1. The van der Waals surface area contributed by atoms with Gasteiger partial charge in [0, 0.05) is 35.3 Å². The van der Waals surface area contributed by atoms with E-state index in [2.05, 4.69) is 15.4 Å². The minimum Gasteiger partial charge on any atom is -0.478 e. The SMILES string of the molecule is Cc1nn(C)c(C)c1CN1C(=O)COc2c(F)cc(-c3nc4c(s3)CCCNC4=O)cc21. The summed E-state index contributed by atoms with van der Waals surface area (Å²) < 4.78 is 22.3. The van der Waals surface area contributed by atoms with E-state index in [4.69, 9.17) is 4.74 Å². The van der Waals surface area contributed by atoms with E-state index in [1.807, 2.05) is 20.9 Å². The molecular weight excluding hydrogens is 433 g/mol. The van der Waals surface area contributed by atoms with E-state index in [1.165, 1.54) is 22.3 Å². The molecule has 0 unspecified atom stereocenters. The average Bonchev–Trinajstić information content (AvgIpc) is 3.23. The number of nitrogens with one attached hydrogen (secondary N) is 1. The van der Waals surface area contributed by atoms with Gasteiger partial charge in [0.2, 0.25) is 0 Å². The smallest absolute Gasteiger partial charge is 0.271 e. The van der Waals surface area contributed by atoms with Crippen LogP contribution in [-0.2, 0) is 24.8 Å². The second-order valence-corrected chi connectivity index (χ2v) is 9.08. The molecule has 0 spiro atoms. The van der Waals surface area contributed by atoms with Gasteiger partial charge in [0.1, 0.15) is 10.7 Å². The normalized spacial score (nSPS) is 15.7. The van der Waals surface area contributed by atoms with Gasteiger partial charge in [-0.3, -0.25) is 14.3 Å². The van der Waals surface area contributed by atoms with Gasteiger partial charge in [0.25, 0.3) is 11.8 Å². The first kappa shape index (κ1) is 20.6. The number of aromatic nitrogens is 3. The molecule has 2 aliphatic rings. The Morgan fingerprint density at radius 2 is 2.09 bits per heavy atom. The molecule has 166 valence electrons. The number of hydrogen-bond donors (Lipinski definition) is 1. The van der Waals surface area contributed by atoms with Crippen molar-refractivity contribution < 1.29 is 18.7 Å². The molecule has 4 heterocycles. The Balaban J connectivity index is 1.58. The van der Waals surface area contributed by atoms with Crippen molar-refractivity contribution in [1.82, 2.24) is 20.1 Å². The number of fused-ring (bicyclic) bond motifs is 2. The number of anilines is 1. The lowest BCUT2D eigenvalue weighted by atomic mass is 10.1. The van der Waals surface area contributed by atoms with Gasteiger partial charge in [0.05, 0.1) is 17.9 Å². The molecule has 0 radical (unpaired) electrons. The highest BCUT2D eigenvalue weighted by atomic mass is 32.1. The summed E-state index contributed by atoms with van der Waals surface area (Å²) in [6.07, 6.45) is 1.57. The van der Waals surface area contributed by atoms with Crippen molar-refractivity contribution in [3.05, 3.63) is 45.5 Å². The molecule has 0 saturated heterocycles. The molecule has 5 rings (SSSR count). The number of hydrogen-bond acceptors (Lipinski definition) is 6. The largest absolute Gasteiger partial charge is 0.478 e. The summed E-state index contributed by atoms with van der Waals surface area (Å²) in [5, 5.41) is 7.79. The van der Waals surface area contributed by atoms with Crippen LogP contribution in [0.4, 0.5) is 10.1 Å². The summed E-state index contributed by atoms with van der Waals surface area (Å²) in [4.78, 5) is 32.0. The molecule has 8 nitrogen and oxygen atoms in total. The highest BCUT2D eigenvalue weighted by Crippen LogP contribution is 2.41. The topological polar surface area (TPSA) is 89.3 Å². The zero-order valence-electron chi connectivity index (χ0n) is 18.0. The Hall–Kier alpha value is -3.27. The predicted octanol–water partition coefficient (Wildman–Crippen LogP) is 2.90. The van der Waals surface area contributed by atoms with Crippen molar-refractivity contribution in [3.63, 3.8) is 0 Å². The van der Waals surface area contributed by atoms with Gasteiger partial charge >= 0.3 is 0 Å². The molecule has 2 aromatic heterocycles. The third kappa shape index (κ3) is 3.35. The fourth-order valence-corrected chi connectivity index (χ4v) is 5.21. The molecule has 2 aliphatic heterocycles. The first-order chi connectivity index (χ1) is 15.3. The van der Waals surface area contributed by atoms with E-state index in [1.54, 1.807) is 10.7 Å². The van der Waals surface area contributed by atoms with Crippen LogP contribution in [0.1, 0.15) is 38.7 Å². The zero-order chi connectivity index (χ0) is 22.6. The third-order valence-electron chi connectivity index (χ3n) is 5.96. The van der Waals surface area contributed by atoms with Crippen LogP contribution in [0.15, 0.2) is 12.1 Å². The predicted molar refractivity (Wildman–Crippen MR) is 118 cm³/mol. The lowest BCUT2D eigenvalue weighted by molar-refractivity contribution is -0.121. The Kier molecular flexibility index (Phi) is 4.96. The first-order valence-corrected chi connectivity index (χ1v) is 11.2. The van der Waals surface area contributed by atoms with Crippen LogP contribution >= 0.6 is 11.3 Å². The maximum Gasteiger partial charge on any atom is 0.271 e. The molecule has 32 heavy (non-hydrogen) atoms. The minimum atomic E-state index is -0.565. The Morgan fingerprint density at radius 1 is 1.28 bits per heavy atom. The van der Waals surface area contributed by atoms with Crippen LogP contribution in [0.2, 0.25) is 0 Å². The second kappa shape index (κ2) is 7.70. The Morgan fingerprint density at radius 3 is 2.84 bits per heavy atom. The summed E-state index contributed by atoms with van der Waals surface area (Å²) in [6.45, 7) is 4.48. The summed E-state index contributed by atoms with van der Waals surface area (Å²) in [6, 6.07) is 3.07. The number of nitrogens with zero attached hydrogens (tertiary/aromatic N) is 4. The van der Waals surface area contributed by atoms with Crippen LogP contribution in [-0.4, -0.2) is 39.7 Å². The number of benzene rings is 1. The van der Waals surface area contributed by atoms with Gasteiger partial charge in [-0.15, -0.1) is 11.3 Å². The molecule has 1 N–H and O–H groups in total. The number of thiazole rings is 1. The number of carbonyl (C=O) groups is 2. The van der Waals surface area contributed by atoms with E-state index in [0.29, 0.717) is 28.5 Å². The fraction of sp³-hybridized carbons (Fsp3) is 0.364. The monoisotopic (exact) mass is 455 g/mol. The van der Waals surface area contributed by atoms with Gasteiger partial charge in [-0.1, -0.05) is 0 Å². The summed E-state index contributed by atoms with van der Waals surface area (Å²) in [7, 11) is 1.85. The van der Waals surface area contributed by atoms with Crippen LogP contribution in [0, 0.1) is 19.7 Å². The quantitative estimate of drug-likeness (QED) is 0.656. The van der Waals surface area contributed by atoms with Crippen LogP contribution in [0.25, 0.3) is 10.6 Å². The molecular formula is C22H22FN5O3S. The fourth-order valence-electron chi connectivity index (χ4n) is 4.13. The highest BCUT2D eigenvalue weighted by molar-refractivity contribution is 7.15. The van der Waals surface area contributed by atoms with Gasteiger partial charge < -0.3 is 15.0 Å². The van der Waals surface area contributed by atoms with Crippen LogP contribution < -0.4 is 15.0 Å². The van der Waals surface area contributed by atoms with Gasteiger partial charge in [-0.25, -0.2) is 9.37 Å². The minimum absolute atomic E-state index is 0.0448. The van der Waals surface area contributed by atoms with Crippen molar-refractivity contribution in [1.29, 1.82) is 0 Å². The maximum absolute atomic E-state index is 15.1. The van der Waals surface area contributed by atoms with E-state index in [-0.39, 0.29) is 30.7 Å². The van der Waals surface area contributed by atoms with Crippen molar-refractivity contribution >= 4 is 28.8 Å². The molecule has 10 heteroatoms. The van der Waals surface area contributed by atoms with Gasteiger partial charge in [0.15, 0.2) is 18.2 Å². The standard InChI is InChI=1S/C22H22FN5O3S/c1-11-14(12(2)27(3)26-11)9-28-16-8-13(7-15(23)20(16)31-10-18(28)29)22-25-19-17(32-22)5-4-6-24-21(19)30/h7-8H,4-6,9-10H2,1-3H3,(H,24,30). The molecule has 0 atom stereocenters.